The van der Waals surface area contributed by atoms with Crippen molar-refractivity contribution >= 4 is 11.6 Å². The number of aliphatic hydroxyl groups is 1. The summed E-state index contributed by atoms with van der Waals surface area (Å²) in [6, 6.07) is 0. The van der Waals surface area contributed by atoms with Crippen LogP contribution >= 0.6 is 11.6 Å². The van der Waals surface area contributed by atoms with E-state index in [4.69, 9.17) is 11.6 Å². The first kappa shape index (κ1) is 18.0. The summed E-state index contributed by atoms with van der Waals surface area (Å²) in [5.41, 5.74) is -0.218. The highest BCUT2D eigenvalue weighted by molar-refractivity contribution is 6.21. The van der Waals surface area contributed by atoms with E-state index in [1.807, 2.05) is 6.08 Å². The van der Waals surface area contributed by atoms with Crippen LogP contribution in [-0.2, 0) is 0 Å². The molecule has 0 aromatic heterocycles. The van der Waals surface area contributed by atoms with Gasteiger partial charge in [0.2, 0.25) is 0 Å². The first-order chi connectivity index (χ1) is 8.45. The Bertz CT molecular complexity index is 227. The second-order valence-electron chi connectivity index (χ2n) is 5.73. The number of hydrogen-bond acceptors (Lipinski definition) is 1. The molecule has 0 bridgehead atoms. The van der Waals surface area contributed by atoms with Crippen molar-refractivity contribution in [2.75, 3.05) is 0 Å². The minimum atomic E-state index is -0.497. The van der Waals surface area contributed by atoms with Gasteiger partial charge in [0.1, 0.15) is 0 Å². The first-order valence-electron chi connectivity index (χ1n) is 7.40. The lowest BCUT2D eigenvalue weighted by molar-refractivity contribution is 0.0346. The molecule has 3 atom stereocenters. The molecular weight excluding hydrogens is 244 g/mol. The van der Waals surface area contributed by atoms with Gasteiger partial charge in [0.25, 0.3) is 0 Å². The predicted molar refractivity (Wildman–Crippen MR) is 82.2 cm³/mol. The van der Waals surface area contributed by atoms with E-state index >= 15 is 0 Å². The smallest absolute Gasteiger partial charge is 0.0796 e. The van der Waals surface area contributed by atoms with Gasteiger partial charge in [-0.25, -0.2) is 0 Å². The quantitative estimate of drug-likeness (QED) is 0.331. The van der Waals surface area contributed by atoms with E-state index in [9.17, 15) is 5.11 Å². The predicted octanol–water partition coefficient (Wildman–Crippen LogP) is 5.16. The average Bonchev–Trinajstić information content (AvgIpc) is 2.38. The van der Waals surface area contributed by atoms with E-state index in [0.29, 0.717) is 0 Å². The second-order valence-corrected chi connectivity index (χ2v) is 6.24. The van der Waals surface area contributed by atoms with Crippen molar-refractivity contribution in [1.29, 1.82) is 0 Å². The van der Waals surface area contributed by atoms with E-state index in [1.54, 1.807) is 0 Å². The molecule has 1 N–H and O–H groups in total. The van der Waals surface area contributed by atoms with Gasteiger partial charge in [-0.05, 0) is 18.8 Å². The van der Waals surface area contributed by atoms with Gasteiger partial charge in [0, 0.05) is 5.41 Å². The van der Waals surface area contributed by atoms with Gasteiger partial charge in [-0.15, -0.1) is 18.2 Å². The molecule has 0 aromatic rings. The Balaban J connectivity index is 4.63. The minimum Gasteiger partial charge on any atom is -0.391 e. The third kappa shape index (κ3) is 4.93. The largest absolute Gasteiger partial charge is 0.391 e. The van der Waals surface area contributed by atoms with Gasteiger partial charge in [-0.2, -0.15) is 0 Å². The Morgan fingerprint density at radius 2 is 1.83 bits per heavy atom. The van der Waals surface area contributed by atoms with Crippen LogP contribution in [0.4, 0.5) is 0 Å². The van der Waals surface area contributed by atoms with Crippen LogP contribution in [0, 0.1) is 11.3 Å². The minimum absolute atomic E-state index is 0.200. The van der Waals surface area contributed by atoms with Crippen molar-refractivity contribution in [1.82, 2.24) is 0 Å². The van der Waals surface area contributed by atoms with Crippen molar-refractivity contribution in [3.63, 3.8) is 0 Å². The van der Waals surface area contributed by atoms with Crippen LogP contribution in [0.25, 0.3) is 0 Å². The van der Waals surface area contributed by atoms with Crippen molar-refractivity contribution in [3.05, 3.63) is 12.7 Å². The first-order valence-corrected chi connectivity index (χ1v) is 7.84. The zero-order valence-corrected chi connectivity index (χ0v) is 13.3. The number of alkyl halides is 1. The lowest BCUT2D eigenvalue weighted by Gasteiger charge is -2.38. The number of aliphatic hydroxyl groups excluding tert-OH is 1. The molecule has 0 aromatic carbocycles. The van der Waals surface area contributed by atoms with Crippen LogP contribution in [0.2, 0.25) is 0 Å². The van der Waals surface area contributed by atoms with Crippen LogP contribution in [0.5, 0.6) is 0 Å². The molecule has 0 saturated heterocycles. The lowest BCUT2D eigenvalue weighted by Crippen LogP contribution is -2.41. The molecule has 0 amide bonds. The lowest BCUT2D eigenvalue weighted by atomic mass is 9.72. The average molecular weight is 275 g/mol. The van der Waals surface area contributed by atoms with Gasteiger partial charge in [-0.3, -0.25) is 0 Å². The number of hydrogen-bond donors (Lipinski definition) is 1. The normalized spacial score (nSPS) is 18.4. The summed E-state index contributed by atoms with van der Waals surface area (Å²) in [5, 5.41) is 10.4. The molecule has 0 heterocycles. The van der Waals surface area contributed by atoms with Gasteiger partial charge in [0.05, 0.1) is 11.5 Å². The highest BCUT2D eigenvalue weighted by Crippen LogP contribution is 2.38. The summed E-state index contributed by atoms with van der Waals surface area (Å²) in [6.07, 6.45) is 8.20. The number of unbranched alkanes of at least 4 members (excludes halogenated alkanes) is 3. The van der Waals surface area contributed by atoms with E-state index in [-0.39, 0.29) is 16.7 Å². The Kier molecular flexibility index (Phi) is 8.98. The monoisotopic (exact) mass is 274 g/mol. The molecule has 2 unspecified atom stereocenters. The molecular formula is C16H31ClO. The SMILES string of the molecule is C=C[C@@](CC)(CCCCCC)C(O)C(Cl)C(C)C. The molecule has 108 valence electrons. The maximum atomic E-state index is 10.6. The fraction of sp³-hybridized carbons (Fsp3) is 0.875. The molecule has 0 spiro atoms. The Morgan fingerprint density at radius 1 is 1.22 bits per heavy atom. The Labute approximate surface area is 119 Å². The maximum Gasteiger partial charge on any atom is 0.0796 e. The highest BCUT2D eigenvalue weighted by atomic mass is 35.5. The van der Waals surface area contributed by atoms with Crippen LogP contribution < -0.4 is 0 Å². The molecule has 2 heteroatoms. The molecule has 0 saturated carbocycles. The van der Waals surface area contributed by atoms with Crippen LogP contribution in [0.3, 0.4) is 0 Å². The van der Waals surface area contributed by atoms with Gasteiger partial charge >= 0.3 is 0 Å². The fourth-order valence-corrected chi connectivity index (χ4v) is 2.71. The van der Waals surface area contributed by atoms with Crippen LogP contribution in [0.1, 0.15) is 66.2 Å². The third-order valence-corrected chi connectivity index (χ3v) is 4.83. The standard InChI is InChI=1S/C16H31ClO/c1-6-9-10-11-12-16(7-2,8-3)15(18)14(17)13(4)5/h7,13-15,18H,2,6,8-12H2,1,3-5H3/t14?,15?,16-/m1/s1. The molecule has 0 rings (SSSR count). The topological polar surface area (TPSA) is 20.2 Å². The third-order valence-electron chi connectivity index (χ3n) is 4.09. The van der Waals surface area contributed by atoms with Crippen LogP contribution in [0.15, 0.2) is 12.7 Å². The molecule has 0 radical (unpaired) electrons. The Hall–Kier alpha value is -0.0100. The molecule has 1 nitrogen and oxygen atoms in total. The van der Waals surface area contributed by atoms with Gasteiger partial charge in [0.15, 0.2) is 0 Å². The second kappa shape index (κ2) is 8.98. The van der Waals surface area contributed by atoms with Crippen molar-refractivity contribution < 1.29 is 5.11 Å². The molecule has 0 fully saturated rings. The van der Waals surface area contributed by atoms with E-state index < -0.39 is 6.10 Å². The molecule has 0 aliphatic rings. The Morgan fingerprint density at radius 3 is 2.22 bits per heavy atom. The molecule has 0 aliphatic carbocycles. The number of halogens is 1. The summed E-state index contributed by atoms with van der Waals surface area (Å²) < 4.78 is 0. The van der Waals surface area contributed by atoms with E-state index in [1.165, 1.54) is 19.3 Å². The fourth-order valence-electron chi connectivity index (χ4n) is 2.46. The number of rotatable bonds is 10. The summed E-state index contributed by atoms with van der Waals surface area (Å²) >= 11 is 6.35. The van der Waals surface area contributed by atoms with E-state index in [0.717, 1.165) is 19.3 Å². The maximum absolute atomic E-state index is 10.6. The van der Waals surface area contributed by atoms with Crippen molar-refractivity contribution in [2.45, 2.75) is 77.7 Å². The van der Waals surface area contributed by atoms with Crippen LogP contribution in [-0.4, -0.2) is 16.6 Å². The summed E-state index contributed by atoms with van der Waals surface area (Å²) in [6.45, 7) is 12.4. The van der Waals surface area contributed by atoms with E-state index in [2.05, 4.69) is 34.3 Å². The molecule has 18 heavy (non-hydrogen) atoms. The summed E-state index contributed by atoms with van der Waals surface area (Å²) in [5.74, 6) is 0.281. The van der Waals surface area contributed by atoms with Crippen molar-refractivity contribution in [3.8, 4) is 0 Å². The van der Waals surface area contributed by atoms with Gasteiger partial charge in [-0.1, -0.05) is 59.5 Å². The zero-order chi connectivity index (χ0) is 14.2. The van der Waals surface area contributed by atoms with Crippen molar-refractivity contribution in [2.24, 2.45) is 11.3 Å². The highest BCUT2D eigenvalue weighted by Gasteiger charge is 2.38. The zero-order valence-electron chi connectivity index (χ0n) is 12.6. The summed E-state index contributed by atoms with van der Waals surface area (Å²) in [4.78, 5) is 0. The van der Waals surface area contributed by atoms with Gasteiger partial charge < -0.3 is 5.11 Å². The summed E-state index contributed by atoms with van der Waals surface area (Å²) in [7, 11) is 0. The molecule has 0 aliphatic heterocycles.